The fourth-order valence-electron chi connectivity index (χ4n) is 4.56. The van der Waals surface area contributed by atoms with Gasteiger partial charge in [0, 0.05) is 40.5 Å². The summed E-state index contributed by atoms with van der Waals surface area (Å²) in [5.41, 5.74) is 3.90. The number of carbonyl (C=O) groups excluding carboxylic acids is 1. The number of pyridine rings is 1. The second-order valence-electron chi connectivity index (χ2n) is 8.77. The highest BCUT2D eigenvalue weighted by Gasteiger charge is 2.16. The number of rotatable bonds is 5. The highest BCUT2D eigenvalue weighted by Crippen LogP contribution is 2.28. The van der Waals surface area contributed by atoms with Crippen molar-refractivity contribution < 1.29 is 13.6 Å². The van der Waals surface area contributed by atoms with Gasteiger partial charge in [-0.2, -0.15) is 0 Å². The zero-order valence-corrected chi connectivity index (χ0v) is 18.9. The van der Waals surface area contributed by atoms with Crippen LogP contribution in [0.15, 0.2) is 66.9 Å². The third-order valence-corrected chi connectivity index (χ3v) is 6.41. The first-order valence-corrected chi connectivity index (χ1v) is 11.5. The number of hydrogen-bond donors (Lipinski definition) is 1. The van der Waals surface area contributed by atoms with Crippen molar-refractivity contribution in [1.82, 2.24) is 9.88 Å². The van der Waals surface area contributed by atoms with Crippen LogP contribution in [0.1, 0.15) is 34.3 Å². The summed E-state index contributed by atoms with van der Waals surface area (Å²) in [5.74, 6) is -1.60. The molecule has 0 bridgehead atoms. The third kappa shape index (κ3) is 4.41. The maximum atomic E-state index is 14.7. The van der Waals surface area contributed by atoms with Crippen molar-refractivity contribution in [3.8, 4) is 11.1 Å². The molecule has 0 saturated carbocycles. The number of hydrogen-bond acceptors (Lipinski definition) is 3. The highest BCUT2D eigenvalue weighted by molar-refractivity contribution is 6.06. The van der Waals surface area contributed by atoms with Gasteiger partial charge in [-0.25, -0.2) is 8.78 Å². The number of fused-ring (bicyclic) bond motifs is 1. The third-order valence-electron chi connectivity index (χ3n) is 6.41. The minimum absolute atomic E-state index is 0.116. The number of nitrogens with zero attached hydrogens (tertiary/aromatic N) is 2. The summed E-state index contributed by atoms with van der Waals surface area (Å²) in [6, 6.07) is 16.0. The molecule has 1 fully saturated rings. The second kappa shape index (κ2) is 9.31. The highest BCUT2D eigenvalue weighted by atomic mass is 19.1. The summed E-state index contributed by atoms with van der Waals surface area (Å²) >= 11 is 0. The lowest BCUT2D eigenvalue weighted by Gasteiger charge is -2.15. The molecule has 0 atom stereocenters. The molecular formula is C28H25F2N3O. The minimum Gasteiger partial charge on any atom is -0.322 e. The molecule has 1 N–H and O–H groups in total. The Morgan fingerprint density at radius 1 is 0.971 bits per heavy atom. The minimum atomic E-state index is -0.653. The van der Waals surface area contributed by atoms with Crippen LogP contribution < -0.4 is 5.32 Å². The van der Waals surface area contributed by atoms with Crippen molar-refractivity contribution in [2.24, 2.45) is 0 Å². The molecule has 4 nitrogen and oxygen atoms in total. The first kappa shape index (κ1) is 22.2. The number of carbonyl (C=O) groups is 1. The van der Waals surface area contributed by atoms with Crippen molar-refractivity contribution in [1.29, 1.82) is 0 Å². The van der Waals surface area contributed by atoms with Crippen LogP contribution in [0.2, 0.25) is 0 Å². The lowest BCUT2D eigenvalue weighted by molar-refractivity contribution is 0.102. The number of anilines is 1. The number of benzene rings is 3. The molecule has 1 aliphatic heterocycles. The largest absolute Gasteiger partial charge is 0.322 e. The molecule has 34 heavy (non-hydrogen) atoms. The summed E-state index contributed by atoms with van der Waals surface area (Å²) in [6.07, 6.45) is 4.40. The average molecular weight is 458 g/mol. The second-order valence-corrected chi connectivity index (χ2v) is 8.77. The van der Waals surface area contributed by atoms with E-state index in [0.717, 1.165) is 42.2 Å². The van der Waals surface area contributed by atoms with Gasteiger partial charge in [-0.15, -0.1) is 0 Å². The van der Waals surface area contributed by atoms with Gasteiger partial charge < -0.3 is 5.32 Å². The molecule has 2 heterocycles. The van der Waals surface area contributed by atoms with Crippen molar-refractivity contribution >= 4 is 22.5 Å². The van der Waals surface area contributed by atoms with Gasteiger partial charge in [0.15, 0.2) is 0 Å². The monoisotopic (exact) mass is 457 g/mol. The van der Waals surface area contributed by atoms with Crippen molar-refractivity contribution in [2.75, 3.05) is 18.4 Å². The van der Waals surface area contributed by atoms with E-state index in [1.54, 1.807) is 12.1 Å². The zero-order valence-electron chi connectivity index (χ0n) is 18.9. The molecule has 1 aromatic heterocycles. The fourth-order valence-corrected chi connectivity index (χ4v) is 4.56. The van der Waals surface area contributed by atoms with Gasteiger partial charge in [-0.1, -0.05) is 30.3 Å². The van der Waals surface area contributed by atoms with Crippen molar-refractivity contribution in [3.63, 3.8) is 0 Å². The SMILES string of the molecule is Cc1c(NC(=O)c2ccc(-c3ccccc3F)c(F)c2)ccc2cc(CN3CCCC3)cnc12. The normalized spacial score (nSPS) is 14.0. The maximum Gasteiger partial charge on any atom is 0.255 e. The quantitative estimate of drug-likeness (QED) is 0.381. The molecule has 6 heteroatoms. The number of aromatic nitrogens is 1. The van der Waals surface area contributed by atoms with E-state index < -0.39 is 17.5 Å². The van der Waals surface area contributed by atoms with Crippen molar-refractivity contribution in [3.05, 3.63) is 95.2 Å². The van der Waals surface area contributed by atoms with Gasteiger partial charge in [0.25, 0.3) is 5.91 Å². The first-order valence-electron chi connectivity index (χ1n) is 11.5. The van der Waals surface area contributed by atoms with Gasteiger partial charge in [0.1, 0.15) is 11.6 Å². The fraction of sp³-hybridized carbons (Fsp3) is 0.214. The van der Waals surface area contributed by atoms with Crippen LogP contribution in [0.25, 0.3) is 22.0 Å². The van der Waals surface area contributed by atoms with E-state index in [1.807, 2.05) is 25.3 Å². The summed E-state index contributed by atoms with van der Waals surface area (Å²) in [4.78, 5) is 19.9. The van der Waals surface area contributed by atoms with Crippen LogP contribution in [0.5, 0.6) is 0 Å². The Bertz CT molecular complexity index is 1380. The van der Waals surface area contributed by atoms with Crippen LogP contribution in [-0.2, 0) is 6.54 Å². The van der Waals surface area contributed by atoms with Crippen LogP contribution >= 0.6 is 0 Å². The van der Waals surface area contributed by atoms with E-state index >= 15 is 0 Å². The van der Waals surface area contributed by atoms with Crippen LogP contribution in [0.4, 0.5) is 14.5 Å². The van der Waals surface area contributed by atoms with E-state index in [1.165, 1.54) is 42.7 Å². The van der Waals surface area contributed by atoms with Gasteiger partial charge in [-0.05, 0) is 74.3 Å². The number of halogens is 2. The first-order chi connectivity index (χ1) is 16.5. The van der Waals surface area contributed by atoms with E-state index in [2.05, 4.69) is 21.3 Å². The van der Waals surface area contributed by atoms with Crippen LogP contribution in [-0.4, -0.2) is 28.9 Å². The lowest BCUT2D eigenvalue weighted by Crippen LogP contribution is -2.18. The lowest BCUT2D eigenvalue weighted by atomic mass is 10.0. The summed E-state index contributed by atoms with van der Waals surface area (Å²) in [5, 5.41) is 3.88. The Hall–Kier alpha value is -3.64. The van der Waals surface area contributed by atoms with Crippen LogP contribution in [0, 0.1) is 18.6 Å². The molecule has 4 aromatic rings. The summed E-state index contributed by atoms with van der Waals surface area (Å²) < 4.78 is 28.8. The molecule has 1 aliphatic rings. The number of aryl methyl sites for hydroxylation is 1. The van der Waals surface area contributed by atoms with Gasteiger partial charge in [0.05, 0.1) is 5.52 Å². The van der Waals surface area contributed by atoms with E-state index in [-0.39, 0.29) is 16.7 Å². The summed E-state index contributed by atoms with van der Waals surface area (Å²) in [7, 11) is 0. The molecule has 172 valence electrons. The van der Waals surface area contributed by atoms with Gasteiger partial charge in [0.2, 0.25) is 0 Å². The molecular weight excluding hydrogens is 432 g/mol. The molecule has 0 aliphatic carbocycles. The Morgan fingerprint density at radius 3 is 2.50 bits per heavy atom. The number of amides is 1. The smallest absolute Gasteiger partial charge is 0.255 e. The standard InChI is InChI=1S/C28H25F2N3O/c1-18-26(11-9-20-14-19(16-31-27(18)20)17-33-12-4-5-13-33)32-28(34)21-8-10-23(25(30)15-21)22-6-2-3-7-24(22)29/h2-3,6-11,14-16H,4-5,12-13,17H2,1H3,(H,32,34). The van der Waals surface area contributed by atoms with Crippen molar-refractivity contribution in [2.45, 2.75) is 26.3 Å². The predicted octanol–water partition coefficient (Wildman–Crippen LogP) is 6.34. The van der Waals surface area contributed by atoms with Gasteiger partial charge in [-0.3, -0.25) is 14.7 Å². The Kier molecular flexibility index (Phi) is 6.07. The number of nitrogens with one attached hydrogen (secondary N) is 1. The molecule has 1 saturated heterocycles. The Morgan fingerprint density at radius 2 is 1.74 bits per heavy atom. The van der Waals surface area contributed by atoms with E-state index in [0.29, 0.717) is 5.69 Å². The van der Waals surface area contributed by atoms with E-state index in [4.69, 9.17) is 0 Å². The Balaban J connectivity index is 1.36. The summed E-state index contributed by atoms with van der Waals surface area (Å²) in [6.45, 7) is 5.07. The Labute approximate surface area is 197 Å². The zero-order chi connectivity index (χ0) is 23.7. The average Bonchev–Trinajstić information content (AvgIpc) is 3.34. The predicted molar refractivity (Wildman–Crippen MR) is 131 cm³/mol. The van der Waals surface area contributed by atoms with E-state index in [9.17, 15) is 13.6 Å². The molecule has 0 unspecified atom stereocenters. The number of likely N-dealkylation sites (tertiary alicyclic amines) is 1. The molecule has 0 spiro atoms. The van der Waals surface area contributed by atoms with Crippen LogP contribution in [0.3, 0.4) is 0 Å². The molecule has 5 rings (SSSR count). The van der Waals surface area contributed by atoms with Gasteiger partial charge >= 0.3 is 0 Å². The molecule has 1 amide bonds. The molecule has 3 aromatic carbocycles. The topological polar surface area (TPSA) is 45.2 Å². The molecule has 0 radical (unpaired) electrons. The maximum absolute atomic E-state index is 14.7.